The molecular formula is C51H84O18P2. The van der Waals surface area contributed by atoms with Crippen LogP contribution in [0.3, 0.4) is 0 Å². The minimum atomic E-state index is -5.42. The lowest BCUT2D eigenvalue weighted by atomic mass is 9.85. The van der Waals surface area contributed by atoms with Gasteiger partial charge in [-0.15, -0.1) is 0 Å². The van der Waals surface area contributed by atoms with Gasteiger partial charge < -0.3 is 54.8 Å². The molecule has 1 fully saturated rings. The van der Waals surface area contributed by atoms with E-state index in [1.54, 1.807) is 12.2 Å². The average Bonchev–Trinajstić information content (AvgIpc) is 3.32. The number of phosphoric ester groups is 2. The lowest BCUT2D eigenvalue weighted by Gasteiger charge is -2.43. The van der Waals surface area contributed by atoms with E-state index in [-0.39, 0.29) is 32.1 Å². The molecule has 0 aromatic carbocycles. The van der Waals surface area contributed by atoms with Gasteiger partial charge in [-0.25, -0.2) is 9.13 Å². The lowest BCUT2D eigenvalue weighted by molar-refractivity contribution is -0.216. The summed E-state index contributed by atoms with van der Waals surface area (Å²) in [5, 5.41) is 62.2. The molecule has 0 saturated heterocycles. The summed E-state index contributed by atoms with van der Waals surface area (Å²) in [5.74, 6) is -1.60. The minimum Gasteiger partial charge on any atom is -0.462 e. The summed E-state index contributed by atoms with van der Waals surface area (Å²) in [7, 11) is -10.8. The topological polar surface area (TPSA) is 296 Å². The highest BCUT2D eigenvalue weighted by Crippen LogP contribution is 2.49. The maximum atomic E-state index is 13.0. The Labute approximate surface area is 421 Å². The van der Waals surface area contributed by atoms with E-state index in [0.717, 1.165) is 38.5 Å². The Bertz CT molecular complexity index is 1770. The van der Waals surface area contributed by atoms with E-state index in [9.17, 15) is 64.0 Å². The van der Waals surface area contributed by atoms with Crippen molar-refractivity contribution >= 4 is 27.6 Å². The van der Waals surface area contributed by atoms with Crippen LogP contribution in [-0.4, -0.2) is 125 Å². The zero-order valence-electron chi connectivity index (χ0n) is 41.6. The molecule has 1 aliphatic rings. The highest BCUT2D eigenvalue weighted by atomic mass is 31.2. The maximum absolute atomic E-state index is 13.0. The van der Waals surface area contributed by atoms with E-state index < -0.39 is 95.7 Å². The first-order valence-electron chi connectivity index (χ1n) is 24.9. The quantitative estimate of drug-likeness (QED) is 0.0122. The number of aliphatic hydroxyl groups excluding tert-OH is 6. The van der Waals surface area contributed by atoms with Gasteiger partial charge in [-0.3, -0.25) is 23.2 Å². The number of aliphatic hydroxyl groups is 6. The van der Waals surface area contributed by atoms with E-state index in [2.05, 4.69) is 73.1 Å². The SMILES string of the molecule is CCCCC/C=C\C/C=C\C/C=C\C/C=C\C/C=C\CCC(=O)OC[C@H](COP(=O)(O)O[C@H]1C(O)C(O)C(O)[C@@H](OP(=O)(O)O)C1O)OC(=O)CCCC(O)C(O)C/C=C\C/C=C\C/C=C\CCCCC. The molecule has 7 unspecified atom stereocenters. The van der Waals surface area contributed by atoms with Crippen LogP contribution in [0.15, 0.2) is 97.2 Å². The molecule has 0 amide bonds. The summed E-state index contributed by atoms with van der Waals surface area (Å²) < 4.78 is 49.1. The van der Waals surface area contributed by atoms with Gasteiger partial charge in [0.15, 0.2) is 6.10 Å². The number of unbranched alkanes of at least 4 members (excludes halogenated alkanes) is 6. The third kappa shape index (κ3) is 34.1. The van der Waals surface area contributed by atoms with E-state index >= 15 is 0 Å². The molecule has 0 aromatic rings. The summed E-state index contributed by atoms with van der Waals surface area (Å²) in [6.07, 6.45) is 29.4. The van der Waals surface area contributed by atoms with Crippen LogP contribution < -0.4 is 0 Å². The highest BCUT2D eigenvalue weighted by molar-refractivity contribution is 7.47. The summed E-state index contributed by atoms with van der Waals surface area (Å²) in [5.41, 5.74) is 0. The molecule has 0 aliphatic heterocycles. The molecule has 1 saturated carbocycles. The van der Waals surface area contributed by atoms with Crippen molar-refractivity contribution in [2.75, 3.05) is 13.2 Å². The second kappa shape index (κ2) is 40.3. The van der Waals surface area contributed by atoms with Gasteiger partial charge in [-0.05, 0) is 89.9 Å². The van der Waals surface area contributed by atoms with Crippen molar-refractivity contribution in [2.24, 2.45) is 0 Å². The number of ether oxygens (including phenoxy) is 2. The number of rotatable bonds is 40. The molecule has 20 heteroatoms. The van der Waals surface area contributed by atoms with Gasteiger partial charge in [0.1, 0.15) is 43.2 Å². The Hall–Kier alpha value is -3.16. The van der Waals surface area contributed by atoms with Crippen molar-refractivity contribution in [3.8, 4) is 0 Å². The predicted octanol–water partition coefficient (Wildman–Crippen LogP) is 7.89. The van der Waals surface area contributed by atoms with Gasteiger partial charge in [0.05, 0.1) is 18.8 Å². The van der Waals surface area contributed by atoms with Crippen molar-refractivity contribution in [3.05, 3.63) is 97.2 Å². The number of hydrogen-bond acceptors (Lipinski definition) is 15. The van der Waals surface area contributed by atoms with Crippen molar-refractivity contribution in [2.45, 2.75) is 197 Å². The lowest BCUT2D eigenvalue weighted by Crippen LogP contribution is -2.64. The molecule has 9 N–H and O–H groups in total. The van der Waals surface area contributed by atoms with Crippen LogP contribution in [0.25, 0.3) is 0 Å². The van der Waals surface area contributed by atoms with Crippen LogP contribution in [0.2, 0.25) is 0 Å². The number of carbonyl (C=O) groups excluding carboxylic acids is 2. The zero-order chi connectivity index (χ0) is 52.8. The van der Waals surface area contributed by atoms with Gasteiger partial charge in [0.2, 0.25) is 0 Å². The Balaban J connectivity index is 2.74. The molecule has 18 nitrogen and oxygen atoms in total. The molecule has 0 bridgehead atoms. The molecule has 1 rings (SSSR count). The summed E-state index contributed by atoms with van der Waals surface area (Å²) in [4.78, 5) is 54.4. The van der Waals surface area contributed by atoms with Gasteiger partial charge >= 0.3 is 27.6 Å². The second-order valence-electron chi connectivity index (χ2n) is 17.1. The van der Waals surface area contributed by atoms with Crippen molar-refractivity contribution in [1.82, 2.24) is 0 Å². The van der Waals surface area contributed by atoms with Crippen LogP contribution in [0.1, 0.15) is 142 Å². The van der Waals surface area contributed by atoms with Crippen molar-refractivity contribution < 1.29 is 87.1 Å². The van der Waals surface area contributed by atoms with E-state index in [1.165, 1.54) is 38.5 Å². The number of hydrogen-bond donors (Lipinski definition) is 9. The van der Waals surface area contributed by atoms with E-state index in [4.69, 9.17) is 18.5 Å². The highest BCUT2D eigenvalue weighted by Gasteiger charge is 2.54. The first-order chi connectivity index (χ1) is 33.9. The molecule has 10 atom stereocenters. The second-order valence-corrected chi connectivity index (χ2v) is 19.7. The summed E-state index contributed by atoms with van der Waals surface area (Å²) in [6, 6.07) is 0. The summed E-state index contributed by atoms with van der Waals surface area (Å²) in [6.45, 7) is 2.74. The molecular weight excluding hydrogens is 962 g/mol. The number of carbonyl (C=O) groups is 2. The van der Waals surface area contributed by atoms with Crippen molar-refractivity contribution in [1.29, 1.82) is 0 Å². The fourth-order valence-electron chi connectivity index (χ4n) is 6.82. The normalized spacial score (nSPS) is 22.6. The molecule has 0 heterocycles. The van der Waals surface area contributed by atoms with Crippen LogP contribution >= 0.6 is 15.6 Å². The molecule has 0 aromatic heterocycles. The number of esters is 2. The zero-order valence-corrected chi connectivity index (χ0v) is 43.4. The van der Waals surface area contributed by atoms with E-state index in [0.29, 0.717) is 19.3 Å². The van der Waals surface area contributed by atoms with Crippen LogP contribution in [0, 0.1) is 0 Å². The first-order valence-corrected chi connectivity index (χ1v) is 28.0. The first kappa shape index (κ1) is 65.9. The third-order valence-corrected chi connectivity index (χ3v) is 12.3. The monoisotopic (exact) mass is 1050 g/mol. The predicted molar refractivity (Wildman–Crippen MR) is 271 cm³/mol. The minimum absolute atomic E-state index is 0.0136. The third-order valence-electron chi connectivity index (χ3n) is 10.8. The van der Waals surface area contributed by atoms with Gasteiger partial charge in [-0.1, -0.05) is 137 Å². The smallest absolute Gasteiger partial charge is 0.462 e. The van der Waals surface area contributed by atoms with Crippen LogP contribution in [0.5, 0.6) is 0 Å². The Morgan fingerprint density at radius 1 is 0.507 bits per heavy atom. The fraction of sp³-hybridized carbons (Fsp3) is 0.647. The Kier molecular flexibility index (Phi) is 37.3. The average molecular weight is 1050 g/mol. The fourth-order valence-corrected chi connectivity index (χ4v) is 8.36. The van der Waals surface area contributed by atoms with Gasteiger partial charge in [0.25, 0.3) is 0 Å². The molecule has 0 spiro atoms. The van der Waals surface area contributed by atoms with Crippen molar-refractivity contribution in [3.63, 3.8) is 0 Å². The molecule has 1 aliphatic carbocycles. The van der Waals surface area contributed by atoms with Gasteiger partial charge in [-0.2, -0.15) is 0 Å². The number of allylic oxidation sites excluding steroid dienone is 15. The summed E-state index contributed by atoms with van der Waals surface area (Å²) >= 11 is 0. The maximum Gasteiger partial charge on any atom is 0.472 e. The molecule has 0 radical (unpaired) electrons. The Morgan fingerprint density at radius 3 is 1.44 bits per heavy atom. The standard InChI is InChI=1S/C51H84O18P2/c1-3-5-7-9-11-13-15-17-18-19-20-21-22-23-25-27-29-31-33-37-44(54)65-39-41(40-66-71(63,64)69-51-48(58)46(56)47(57)50(49(51)59)68-70(60,61)62)67-45(55)38-34-36-43(53)42(52)35-32-30-28-26-24-16-14-12-10-8-6-4-2/h11-14,17-18,20-21,23-26,29-32,41-43,46-53,56-59H,3-10,15-16,19,22,27-28,33-40H2,1-2H3,(H,63,64)(H2,60,61,62)/b13-11-,14-12-,18-17-,21-20-,25-23-,26-24-,31-29-,32-30-/t41-,42?,43?,46?,47?,48?,49?,50-,51+/m1/s1. The number of phosphoric acid groups is 2. The van der Waals surface area contributed by atoms with Crippen LogP contribution in [0.4, 0.5) is 0 Å². The van der Waals surface area contributed by atoms with E-state index in [1.807, 2.05) is 30.4 Å². The van der Waals surface area contributed by atoms with Crippen LogP contribution in [-0.2, 0) is 41.8 Å². The molecule has 406 valence electrons. The largest absolute Gasteiger partial charge is 0.472 e. The van der Waals surface area contributed by atoms with Gasteiger partial charge in [0, 0.05) is 12.8 Å². The Morgan fingerprint density at radius 2 is 0.958 bits per heavy atom. The molecule has 71 heavy (non-hydrogen) atoms.